The number of nitrogens with zero attached hydrogens (tertiary/aromatic N) is 2. The predicted molar refractivity (Wildman–Crippen MR) is 113 cm³/mol. The van der Waals surface area contributed by atoms with E-state index in [9.17, 15) is 4.79 Å². The lowest BCUT2D eigenvalue weighted by Crippen LogP contribution is -2.20. The lowest BCUT2D eigenvalue weighted by Gasteiger charge is -2.02. The van der Waals surface area contributed by atoms with Crippen molar-refractivity contribution in [3.63, 3.8) is 0 Å². The summed E-state index contributed by atoms with van der Waals surface area (Å²) in [6, 6.07) is 10.1. The number of imidazole rings is 1. The molecule has 0 spiro atoms. The summed E-state index contributed by atoms with van der Waals surface area (Å²) in [5.74, 6) is 0.0230. The van der Waals surface area contributed by atoms with Crippen LogP contribution < -0.4 is 16.4 Å². The smallest absolute Gasteiger partial charge is 0.232 e. The summed E-state index contributed by atoms with van der Waals surface area (Å²) in [6.07, 6.45) is 2.40. The molecule has 3 aromatic rings. The second kappa shape index (κ2) is 10.5. The van der Waals surface area contributed by atoms with Crippen molar-refractivity contribution in [2.45, 2.75) is 6.42 Å². The molecule has 0 aliphatic rings. The predicted octanol–water partition coefficient (Wildman–Crippen LogP) is 2.90. The van der Waals surface area contributed by atoms with Crippen molar-refractivity contribution in [1.82, 2.24) is 15.0 Å². The maximum atomic E-state index is 12.4. The van der Waals surface area contributed by atoms with Crippen molar-refractivity contribution in [2.75, 3.05) is 17.2 Å². The van der Waals surface area contributed by atoms with Gasteiger partial charge in [-0.25, -0.2) is 9.97 Å². The number of thiazole rings is 1. The molecule has 0 aliphatic carbocycles. The number of anilines is 2. The summed E-state index contributed by atoms with van der Waals surface area (Å²) in [4.78, 5) is 23.7. The molecule has 144 valence electrons. The van der Waals surface area contributed by atoms with Gasteiger partial charge in [-0.05, 0) is 12.0 Å². The van der Waals surface area contributed by atoms with Gasteiger partial charge in [-0.1, -0.05) is 30.3 Å². The van der Waals surface area contributed by atoms with Crippen LogP contribution in [0.1, 0.15) is 21.7 Å². The third-order valence-corrected chi connectivity index (χ3v) is 4.10. The quantitative estimate of drug-likeness (QED) is 0.223. The van der Waals surface area contributed by atoms with E-state index in [0.717, 1.165) is 6.42 Å². The highest BCUT2D eigenvalue weighted by Gasteiger charge is 2.16. The minimum Gasteiger partial charge on any atom is -0.370 e. The molecule has 2 aromatic heterocycles. The van der Waals surface area contributed by atoms with Crippen LogP contribution >= 0.6 is 36.2 Å². The highest BCUT2D eigenvalue weighted by atomic mass is 35.5. The molecule has 0 amide bonds. The molecule has 6 N–H and O–H groups in total. The van der Waals surface area contributed by atoms with Gasteiger partial charge < -0.3 is 21.4 Å². The lowest BCUT2D eigenvalue weighted by molar-refractivity contribution is 0.103. The molecular weight excluding hydrogens is 409 g/mol. The molecule has 0 aliphatic heterocycles. The van der Waals surface area contributed by atoms with Gasteiger partial charge in [0.05, 0.1) is 0 Å². The van der Waals surface area contributed by atoms with Gasteiger partial charge in [-0.3, -0.25) is 10.2 Å². The zero-order chi connectivity index (χ0) is 17.6. The van der Waals surface area contributed by atoms with Crippen LogP contribution in [0.4, 0.5) is 11.1 Å². The van der Waals surface area contributed by atoms with Gasteiger partial charge >= 0.3 is 0 Å². The summed E-state index contributed by atoms with van der Waals surface area (Å²) in [7, 11) is 0. The van der Waals surface area contributed by atoms with E-state index in [2.05, 4.69) is 37.7 Å². The highest BCUT2D eigenvalue weighted by molar-refractivity contribution is 7.14. The van der Waals surface area contributed by atoms with E-state index in [4.69, 9.17) is 11.1 Å². The maximum absolute atomic E-state index is 12.4. The third kappa shape index (κ3) is 6.24. The number of rotatable bonds is 7. The molecule has 0 unspecified atom stereocenters. The van der Waals surface area contributed by atoms with Crippen LogP contribution in [0.2, 0.25) is 0 Å². The topological polar surface area (TPSA) is 133 Å². The summed E-state index contributed by atoms with van der Waals surface area (Å²) in [5.41, 5.74) is 7.01. The molecule has 0 saturated carbocycles. The fourth-order valence-corrected chi connectivity index (χ4v) is 2.88. The Morgan fingerprint density at radius 2 is 1.93 bits per heavy atom. The minimum absolute atomic E-state index is 0. The van der Waals surface area contributed by atoms with Gasteiger partial charge in [-0.2, -0.15) is 0 Å². The number of nitrogens with one attached hydrogen (secondary N) is 4. The van der Waals surface area contributed by atoms with Gasteiger partial charge in [0, 0.05) is 18.1 Å². The van der Waals surface area contributed by atoms with Gasteiger partial charge in [0.2, 0.25) is 11.7 Å². The first-order valence-electron chi connectivity index (χ1n) is 7.56. The Labute approximate surface area is 172 Å². The van der Waals surface area contributed by atoms with Crippen molar-refractivity contribution in [2.24, 2.45) is 5.73 Å². The Kier molecular flexibility index (Phi) is 8.73. The number of hydrogen-bond acceptors (Lipinski definition) is 6. The van der Waals surface area contributed by atoms with E-state index in [0.29, 0.717) is 17.6 Å². The molecule has 8 nitrogen and oxygen atoms in total. The monoisotopic (exact) mass is 427 g/mol. The van der Waals surface area contributed by atoms with Gasteiger partial charge in [0.25, 0.3) is 0 Å². The number of benzene rings is 1. The zero-order valence-corrected chi connectivity index (χ0v) is 16.5. The third-order valence-electron chi connectivity index (χ3n) is 3.34. The fourth-order valence-electron chi connectivity index (χ4n) is 2.18. The van der Waals surface area contributed by atoms with E-state index in [1.165, 1.54) is 16.9 Å². The number of carbonyl (C=O) groups is 1. The SMILES string of the molecule is Cl.Cl.N=C(N)Nc1nc(C(=O)c2c[nH]c(NCCc3ccccc3)n2)cs1. The average Bonchev–Trinajstić information content (AvgIpc) is 3.24. The standard InChI is InChI=1S/C16H17N7OS.2ClH/c17-14(18)23-16-22-12(9-25-16)13(24)11-8-20-15(21-11)19-7-6-10-4-2-1-3-5-10;;/h1-5,8-9H,6-7H2,(H2,19,20,21)(H4,17,18,22,23);2*1H. The van der Waals surface area contributed by atoms with Crippen LogP contribution in [-0.2, 0) is 6.42 Å². The van der Waals surface area contributed by atoms with Crippen LogP contribution in [0.3, 0.4) is 0 Å². The Hall–Kier alpha value is -2.62. The molecule has 0 bridgehead atoms. The highest BCUT2D eigenvalue weighted by Crippen LogP contribution is 2.18. The van der Waals surface area contributed by atoms with Gasteiger partial charge in [0.15, 0.2) is 11.1 Å². The van der Waals surface area contributed by atoms with Crippen molar-refractivity contribution in [1.29, 1.82) is 5.41 Å². The van der Waals surface area contributed by atoms with Crippen molar-refractivity contribution < 1.29 is 4.79 Å². The van der Waals surface area contributed by atoms with E-state index in [1.54, 1.807) is 11.6 Å². The molecule has 11 heteroatoms. The molecule has 27 heavy (non-hydrogen) atoms. The normalized spacial score (nSPS) is 9.63. The summed E-state index contributed by atoms with van der Waals surface area (Å²) >= 11 is 1.20. The van der Waals surface area contributed by atoms with E-state index in [-0.39, 0.29) is 47.9 Å². The number of carbonyl (C=O) groups excluding carboxylic acids is 1. The number of ketones is 1. The van der Waals surface area contributed by atoms with Gasteiger partial charge in [0.1, 0.15) is 11.4 Å². The Balaban J connectivity index is 0.00000182. The Morgan fingerprint density at radius 3 is 2.63 bits per heavy atom. The van der Waals surface area contributed by atoms with Crippen molar-refractivity contribution in [3.8, 4) is 0 Å². The molecule has 0 fully saturated rings. The van der Waals surface area contributed by atoms with E-state index >= 15 is 0 Å². The second-order valence-electron chi connectivity index (χ2n) is 5.20. The number of guanidine groups is 1. The fraction of sp³-hybridized carbons (Fsp3) is 0.125. The minimum atomic E-state index is -0.291. The van der Waals surface area contributed by atoms with E-state index < -0.39 is 0 Å². The number of halogens is 2. The molecule has 2 heterocycles. The van der Waals surface area contributed by atoms with Crippen LogP contribution in [0.5, 0.6) is 0 Å². The number of hydrogen-bond donors (Lipinski definition) is 5. The maximum Gasteiger partial charge on any atom is 0.232 e. The molecule has 0 radical (unpaired) electrons. The average molecular weight is 428 g/mol. The molecule has 3 rings (SSSR count). The summed E-state index contributed by atoms with van der Waals surface area (Å²) < 4.78 is 0. The Bertz CT molecular complexity index is 882. The first-order valence-corrected chi connectivity index (χ1v) is 8.44. The van der Waals surface area contributed by atoms with Crippen LogP contribution in [0.25, 0.3) is 0 Å². The van der Waals surface area contributed by atoms with Crippen LogP contribution in [0.15, 0.2) is 41.9 Å². The first kappa shape index (κ1) is 22.4. The molecule has 0 saturated heterocycles. The number of aromatic amines is 1. The first-order chi connectivity index (χ1) is 12.1. The van der Waals surface area contributed by atoms with Crippen molar-refractivity contribution in [3.05, 3.63) is 58.9 Å². The molecule has 0 atom stereocenters. The largest absolute Gasteiger partial charge is 0.370 e. The number of H-pyrrole nitrogens is 1. The lowest BCUT2D eigenvalue weighted by atomic mass is 10.1. The zero-order valence-electron chi connectivity index (χ0n) is 14.1. The summed E-state index contributed by atoms with van der Waals surface area (Å²) in [5, 5.41) is 14.9. The Morgan fingerprint density at radius 1 is 1.19 bits per heavy atom. The number of aromatic nitrogens is 3. The number of nitrogens with two attached hydrogens (primary N) is 1. The molecule has 1 aromatic carbocycles. The second-order valence-corrected chi connectivity index (χ2v) is 6.06. The molecular formula is C16H19Cl2N7OS. The summed E-state index contributed by atoms with van der Waals surface area (Å²) in [6.45, 7) is 0.703. The van der Waals surface area contributed by atoms with E-state index in [1.807, 2.05) is 18.2 Å². The van der Waals surface area contributed by atoms with Gasteiger partial charge in [-0.15, -0.1) is 36.2 Å². The van der Waals surface area contributed by atoms with Crippen LogP contribution in [0, 0.1) is 5.41 Å². The van der Waals surface area contributed by atoms with Crippen molar-refractivity contribution >= 4 is 59.0 Å². The van der Waals surface area contributed by atoms with Crippen LogP contribution in [-0.4, -0.2) is 33.2 Å².